The number of hydrogen-bond donors (Lipinski definition) is 4. The minimum atomic E-state index is -4.55. The zero-order chi connectivity index (χ0) is 6.86. The van der Waals surface area contributed by atoms with Crippen molar-refractivity contribution in [2.45, 2.75) is 6.92 Å². The molecule has 0 aliphatic rings. The molecule has 0 bridgehead atoms. The van der Waals surface area contributed by atoms with E-state index in [2.05, 4.69) is 0 Å². The average Bonchev–Trinajstić information content (AvgIpc) is 1.68. The monoisotopic (exact) mass is 142 g/mol. The van der Waals surface area contributed by atoms with Gasteiger partial charge < -0.3 is 0 Å². The molecule has 0 heterocycles. The molecule has 0 saturated heterocycles. The summed E-state index contributed by atoms with van der Waals surface area (Å²) in [5, 5.41) is 8.16. The van der Waals surface area contributed by atoms with E-state index >= 15 is 0 Å². The van der Waals surface area contributed by atoms with Gasteiger partial charge >= 0.3 is 46.5 Å². The van der Waals surface area contributed by atoms with Crippen molar-refractivity contribution in [2.75, 3.05) is 12.5 Å². The molecule has 4 N–H and O–H groups in total. The molecule has 0 fully saturated rings. The molecule has 0 atom stereocenters. The first kappa shape index (κ1) is 8.27. The molecule has 0 aliphatic heterocycles. The molecule has 0 radical (unpaired) electrons. The third-order valence-electron chi connectivity index (χ3n) is 0.938. The van der Waals surface area contributed by atoms with Crippen LogP contribution in [0.1, 0.15) is 6.92 Å². The van der Waals surface area contributed by atoms with Crippen LogP contribution in [-0.4, -0.2) is 32.3 Å². The molecule has 0 saturated carbocycles. The van der Waals surface area contributed by atoms with Gasteiger partial charge in [0.25, 0.3) is 0 Å². The summed E-state index contributed by atoms with van der Waals surface area (Å²) in [7, 11) is -4.55. The van der Waals surface area contributed by atoms with E-state index in [9.17, 15) is 0 Å². The van der Waals surface area contributed by atoms with Crippen LogP contribution in [0.4, 0.5) is 0 Å². The summed E-state index contributed by atoms with van der Waals surface area (Å²) in [5.74, 6) is 0. The Morgan fingerprint density at radius 3 is 1.62 bits per heavy atom. The average molecular weight is 142 g/mol. The van der Waals surface area contributed by atoms with Gasteiger partial charge in [0, 0.05) is 0 Å². The molecular weight excluding hydrogens is 131 g/mol. The Labute approximate surface area is 47.6 Å². The molecule has 0 aliphatic carbocycles. The molecule has 0 rings (SSSR count). The molecule has 8 heavy (non-hydrogen) atoms. The van der Waals surface area contributed by atoms with Crippen LogP contribution in [0, 0.1) is 0 Å². The van der Waals surface area contributed by atoms with E-state index in [1.807, 2.05) is 0 Å². The molecule has 0 aromatic heterocycles. The number of aliphatic hydroxyl groups excluding tert-OH is 1. The Hall–Kier alpha value is 0.270. The third-order valence-corrected chi connectivity index (χ3v) is 2.81. The SMILES string of the molecule is CCP(O)(O)(O)CO. The zero-order valence-corrected chi connectivity index (χ0v) is 5.54. The van der Waals surface area contributed by atoms with Crippen LogP contribution in [0.15, 0.2) is 0 Å². The van der Waals surface area contributed by atoms with Crippen LogP contribution in [0.5, 0.6) is 0 Å². The molecule has 4 nitrogen and oxygen atoms in total. The molecule has 0 aromatic carbocycles. The quantitative estimate of drug-likeness (QED) is 0.382. The van der Waals surface area contributed by atoms with E-state index in [1.54, 1.807) is 0 Å². The second-order valence-electron chi connectivity index (χ2n) is 1.80. The Bertz CT molecular complexity index is 75.0. The van der Waals surface area contributed by atoms with Crippen molar-refractivity contribution in [3.63, 3.8) is 0 Å². The Morgan fingerprint density at radius 1 is 1.25 bits per heavy atom. The van der Waals surface area contributed by atoms with Gasteiger partial charge in [0.1, 0.15) is 0 Å². The summed E-state index contributed by atoms with van der Waals surface area (Å²) >= 11 is 0. The van der Waals surface area contributed by atoms with E-state index in [-0.39, 0.29) is 6.16 Å². The fraction of sp³-hybridized carbons (Fsp3) is 1.00. The maximum atomic E-state index is 8.59. The molecule has 52 valence electrons. The van der Waals surface area contributed by atoms with Crippen molar-refractivity contribution < 1.29 is 19.8 Å². The summed E-state index contributed by atoms with van der Waals surface area (Å²) in [4.78, 5) is 25.8. The topological polar surface area (TPSA) is 80.9 Å². The minimum absolute atomic E-state index is 0.192. The van der Waals surface area contributed by atoms with Crippen LogP contribution in [-0.2, 0) is 0 Å². The van der Waals surface area contributed by atoms with Crippen LogP contribution >= 0.6 is 7.28 Å². The molecule has 0 aromatic rings. The van der Waals surface area contributed by atoms with Crippen molar-refractivity contribution in [3.05, 3.63) is 0 Å². The van der Waals surface area contributed by atoms with Gasteiger partial charge in [0.05, 0.1) is 0 Å². The Morgan fingerprint density at radius 2 is 1.62 bits per heavy atom. The van der Waals surface area contributed by atoms with Gasteiger partial charge in [-0.15, -0.1) is 0 Å². The zero-order valence-electron chi connectivity index (χ0n) is 4.65. The van der Waals surface area contributed by atoms with Crippen LogP contribution < -0.4 is 0 Å². The van der Waals surface area contributed by atoms with Crippen LogP contribution in [0.3, 0.4) is 0 Å². The van der Waals surface area contributed by atoms with E-state index in [0.29, 0.717) is 0 Å². The van der Waals surface area contributed by atoms with Gasteiger partial charge in [-0.2, -0.15) is 0 Å². The van der Waals surface area contributed by atoms with Gasteiger partial charge in [-0.25, -0.2) is 0 Å². The van der Waals surface area contributed by atoms with Gasteiger partial charge in [-0.3, -0.25) is 0 Å². The van der Waals surface area contributed by atoms with E-state index < -0.39 is 13.6 Å². The normalized spacial score (nSPS) is 17.4. The van der Waals surface area contributed by atoms with Crippen molar-refractivity contribution >= 4 is 7.28 Å². The van der Waals surface area contributed by atoms with Crippen molar-refractivity contribution in [1.82, 2.24) is 0 Å². The number of rotatable bonds is 2. The first-order valence-electron chi connectivity index (χ1n) is 2.26. The van der Waals surface area contributed by atoms with Crippen LogP contribution in [0.25, 0.3) is 0 Å². The summed E-state index contributed by atoms with van der Waals surface area (Å²) < 4.78 is 0. The van der Waals surface area contributed by atoms with Gasteiger partial charge in [-0.05, 0) is 0 Å². The van der Waals surface area contributed by atoms with Crippen molar-refractivity contribution in [3.8, 4) is 0 Å². The van der Waals surface area contributed by atoms with E-state index in [1.165, 1.54) is 6.92 Å². The van der Waals surface area contributed by atoms with E-state index in [4.69, 9.17) is 19.8 Å². The molecule has 0 amide bonds. The summed E-state index contributed by atoms with van der Waals surface area (Å²) in [5.41, 5.74) is 0. The second kappa shape index (κ2) is 1.90. The van der Waals surface area contributed by atoms with E-state index in [0.717, 1.165) is 0 Å². The van der Waals surface area contributed by atoms with Crippen LogP contribution in [0.2, 0.25) is 0 Å². The fourth-order valence-corrected chi connectivity index (χ4v) is 0.300. The van der Waals surface area contributed by atoms with Crippen molar-refractivity contribution in [2.24, 2.45) is 0 Å². The summed E-state index contributed by atoms with van der Waals surface area (Å²) in [6.45, 7) is 1.40. The first-order valence-corrected chi connectivity index (χ1v) is 4.72. The van der Waals surface area contributed by atoms with Crippen molar-refractivity contribution in [1.29, 1.82) is 0 Å². The predicted molar refractivity (Wildman–Crippen MR) is 31.2 cm³/mol. The Balaban J connectivity index is 3.99. The Kier molecular flexibility index (Phi) is 1.96. The first-order chi connectivity index (χ1) is 3.39. The summed E-state index contributed by atoms with van der Waals surface area (Å²) in [6, 6.07) is 0. The maximum absolute atomic E-state index is 8.59. The number of hydrogen-bond acceptors (Lipinski definition) is 4. The molecule has 5 heteroatoms. The van der Waals surface area contributed by atoms with Gasteiger partial charge in [0.15, 0.2) is 0 Å². The fourth-order valence-electron chi connectivity index (χ4n) is 0.1000. The van der Waals surface area contributed by atoms with Gasteiger partial charge in [0.2, 0.25) is 0 Å². The summed E-state index contributed by atoms with van der Waals surface area (Å²) in [6.07, 6.45) is -1.13. The standard InChI is InChI=1S/C3H11O4P/c1-2-8(5,6,7)3-4/h4-7H,2-3H2,1H3. The second-order valence-corrected chi connectivity index (χ2v) is 5.39. The predicted octanol–water partition coefficient (Wildman–Crippen LogP) is -0.769. The third kappa shape index (κ3) is 2.55. The molecule has 0 unspecified atom stereocenters. The molecule has 0 spiro atoms. The number of aliphatic hydroxyl groups is 1. The molecular formula is C3H11O4P. The van der Waals surface area contributed by atoms with Gasteiger partial charge in [-0.1, -0.05) is 0 Å².